The molecule has 0 radical (unpaired) electrons. The van der Waals surface area contributed by atoms with Crippen molar-refractivity contribution >= 4 is 12.1 Å². The fourth-order valence-corrected chi connectivity index (χ4v) is 13.3. The van der Waals surface area contributed by atoms with Crippen LogP contribution in [0.4, 0.5) is 9.59 Å². The molecule has 5 N–H and O–H groups in total. The summed E-state index contributed by atoms with van der Waals surface area (Å²) < 4.78 is 0. The van der Waals surface area contributed by atoms with Crippen molar-refractivity contribution in [3.8, 4) is 0 Å². The molecule has 2 aliphatic carbocycles. The van der Waals surface area contributed by atoms with Gasteiger partial charge in [0.1, 0.15) is 0 Å². The molecule has 4 amide bonds. The minimum atomic E-state index is -0.539. The number of benzene rings is 3. The van der Waals surface area contributed by atoms with Gasteiger partial charge in [-0.05, 0) is 128 Å². The molecule has 8 atom stereocenters. The number of nitrogens with zero attached hydrogens (tertiary/aromatic N) is 2. The van der Waals surface area contributed by atoms with Crippen molar-refractivity contribution in [3.05, 3.63) is 106 Å². The summed E-state index contributed by atoms with van der Waals surface area (Å²) in [5.74, 6) is 3.14. The van der Waals surface area contributed by atoms with Gasteiger partial charge in [-0.3, -0.25) is 9.80 Å². The Balaban J connectivity index is 0.767. The number of hydrogen-bond acceptors (Lipinski definition) is 4. The van der Waals surface area contributed by atoms with Gasteiger partial charge in [-0.25, -0.2) is 9.59 Å². The van der Waals surface area contributed by atoms with Crippen molar-refractivity contribution in [2.24, 2.45) is 29.4 Å². The van der Waals surface area contributed by atoms with Crippen LogP contribution in [0.2, 0.25) is 0 Å². The lowest BCUT2D eigenvalue weighted by Crippen LogP contribution is -2.68. The second-order valence-electron chi connectivity index (χ2n) is 18.6. The highest BCUT2D eigenvalue weighted by atomic mass is 16.2. The number of nitrogens with one attached hydrogen (secondary N) is 3. The minimum Gasteiger partial charge on any atom is -0.352 e. The number of urea groups is 2. The first-order chi connectivity index (χ1) is 26.9. The first-order valence-electron chi connectivity index (χ1n) is 21.8. The summed E-state index contributed by atoms with van der Waals surface area (Å²) in [5, 5.41) is 9.04. The standard InChI is InChI=1S/C47H60N6O2/c48-45(54)49-27-31-8-5-9-32(23-31)28-50-46(55)51-35-17-15-33(16-18-35)40(29-52-41-19-20-42(52)37-12-2-1-11-36(37)41)34-10-6-7-30(24-34)21-22-47-25-43-38-13-3-4-14-39(38)44(26-47)53(43)47/h1-5,8-9,11-14,23,30,33-35,40-44H,6-7,10,15-22,24-29H2,(H3,48,49,54)(H2,50,51,55)/t30?,33?,34?,35?,40?,41-,42+,43-,44+,47?. The molecule has 2 saturated carbocycles. The van der Waals surface area contributed by atoms with E-state index in [2.05, 4.69) is 74.3 Å². The predicted molar refractivity (Wildman–Crippen MR) is 216 cm³/mol. The fraction of sp³-hybridized carbons (Fsp3) is 0.574. The second-order valence-corrected chi connectivity index (χ2v) is 18.6. The fourth-order valence-electron chi connectivity index (χ4n) is 13.3. The number of hydrogen-bond donors (Lipinski definition) is 4. The van der Waals surface area contributed by atoms with Gasteiger partial charge in [-0.15, -0.1) is 0 Å². The van der Waals surface area contributed by atoms with Crippen molar-refractivity contribution < 1.29 is 9.59 Å². The Labute approximate surface area is 327 Å². The van der Waals surface area contributed by atoms with Gasteiger partial charge in [0.15, 0.2) is 0 Å². The molecule has 8 heteroatoms. The third-order valence-corrected chi connectivity index (χ3v) is 15.8. The number of carbonyl (C=O) groups is 2. The topological polar surface area (TPSA) is 103 Å². The van der Waals surface area contributed by atoms with E-state index in [4.69, 9.17) is 5.73 Å². The lowest BCUT2D eigenvalue weighted by molar-refractivity contribution is -0.194. The van der Waals surface area contributed by atoms with Gasteiger partial charge in [-0.1, -0.05) is 92.1 Å². The van der Waals surface area contributed by atoms with Crippen molar-refractivity contribution in [1.29, 1.82) is 0 Å². The smallest absolute Gasteiger partial charge is 0.315 e. The van der Waals surface area contributed by atoms with Crippen LogP contribution in [0.3, 0.4) is 0 Å². The Morgan fingerprint density at radius 1 is 0.709 bits per heavy atom. The van der Waals surface area contributed by atoms with Crippen LogP contribution in [0.25, 0.3) is 0 Å². The molecule has 10 rings (SSSR count). The van der Waals surface area contributed by atoms with Crippen molar-refractivity contribution in [2.75, 3.05) is 6.54 Å². The average Bonchev–Trinajstić information content (AvgIpc) is 3.77. The van der Waals surface area contributed by atoms with E-state index in [-0.39, 0.29) is 12.1 Å². The van der Waals surface area contributed by atoms with Crippen LogP contribution in [0, 0.1) is 23.7 Å². The Kier molecular flexibility index (Phi) is 9.41. The van der Waals surface area contributed by atoms with Crippen LogP contribution in [0.5, 0.6) is 0 Å². The number of primary amides is 1. The van der Waals surface area contributed by atoms with Crippen LogP contribution in [0.1, 0.15) is 147 Å². The first-order valence-corrected chi connectivity index (χ1v) is 21.8. The first kappa shape index (κ1) is 35.5. The highest BCUT2D eigenvalue weighted by molar-refractivity contribution is 5.74. The summed E-state index contributed by atoms with van der Waals surface area (Å²) in [6.45, 7) is 2.08. The maximum Gasteiger partial charge on any atom is 0.315 e. The SMILES string of the molecule is NC(=O)NCc1cccc(CNC(=O)NC2CCC(C(CN3[C@@H]4CC[C@H]3c3ccccc34)C3CCCC(CCC45C[C@@H]6c7ccccc7[C@H](C4)N65)C3)CC2)c1. The number of nitrogens with two attached hydrogens (primary N) is 1. The van der Waals surface area contributed by atoms with Crippen LogP contribution >= 0.6 is 0 Å². The zero-order valence-electron chi connectivity index (χ0n) is 32.4. The number of fused-ring (bicyclic) bond motifs is 8. The van der Waals surface area contributed by atoms with Gasteiger partial charge in [0.2, 0.25) is 0 Å². The number of rotatable bonds is 12. The molecule has 4 unspecified atom stereocenters. The zero-order chi connectivity index (χ0) is 37.1. The molecule has 8 nitrogen and oxygen atoms in total. The van der Waals surface area contributed by atoms with Crippen LogP contribution in [-0.2, 0) is 13.1 Å². The van der Waals surface area contributed by atoms with Gasteiger partial charge < -0.3 is 21.7 Å². The molecule has 0 spiro atoms. The largest absolute Gasteiger partial charge is 0.352 e. The molecule has 5 aliphatic heterocycles. The van der Waals surface area contributed by atoms with Gasteiger partial charge in [-0.2, -0.15) is 0 Å². The molecule has 3 saturated heterocycles. The normalized spacial score (nSPS) is 33.4. The molecule has 7 aliphatic rings. The Morgan fingerprint density at radius 3 is 1.96 bits per heavy atom. The molecule has 290 valence electrons. The molecular formula is C47H60N6O2. The lowest BCUT2D eigenvalue weighted by atomic mass is 9.62. The molecular weight excluding hydrogens is 681 g/mol. The maximum atomic E-state index is 13.1. The van der Waals surface area contributed by atoms with E-state index in [0.717, 1.165) is 47.6 Å². The number of amides is 4. The Hall–Kier alpha value is -3.88. The van der Waals surface area contributed by atoms with E-state index < -0.39 is 6.03 Å². The van der Waals surface area contributed by atoms with E-state index in [1.807, 2.05) is 24.3 Å². The average molecular weight is 741 g/mol. The summed E-state index contributed by atoms with van der Waals surface area (Å²) in [4.78, 5) is 30.1. The zero-order valence-corrected chi connectivity index (χ0v) is 32.4. The van der Waals surface area contributed by atoms with Gasteiger partial charge in [0.05, 0.1) is 0 Å². The monoisotopic (exact) mass is 740 g/mol. The van der Waals surface area contributed by atoms with E-state index >= 15 is 0 Å². The molecule has 3 aromatic rings. The highest BCUT2D eigenvalue weighted by Gasteiger charge is 2.67. The Morgan fingerprint density at radius 2 is 1.33 bits per heavy atom. The van der Waals surface area contributed by atoms with E-state index in [1.54, 1.807) is 22.3 Å². The van der Waals surface area contributed by atoms with E-state index in [9.17, 15) is 9.59 Å². The minimum absolute atomic E-state index is 0.0879. The number of piperidine rings is 1. The Bertz CT molecular complexity index is 1840. The summed E-state index contributed by atoms with van der Waals surface area (Å²) in [5.41, 5.74) is 14.2. The van der Waals surface area contributed by atoms with Crippen LogP contribution in [-0.4, -0.2) is 40.0 Å². The van der Waals surface area contributed by atoms with Gasteiger partial charge >= 0.3 is 12.1 Å². The van der Waals surface area contributed by atoms with Crippen molar-refractivity contribution in [1.82, 2.24) is 25.8 Å². The maximum absolute atomic E-state index is 13.1. The van der Waals surface area contributed by atoms with Gasteiger partial charge in [0, 0.05) is 55.4 Å². The summed E-state index contributed by atoms with van der Waals surface area (Å²) in [6, 6.07) is 28.7. The van der Waals surface area contributed by atoms with Crippen molar-refractivity contribution in [2.45, 2.75) is 139 Å². The molecule has 2 bridgehead atoms. The summed E-state index contributed by atoms with van der Waals surface area (Å²) in [6.07, 6.45) is 18.4. The molecule has 3 aromatic carbocycles. The molecule has 5 fully saturated rings. The molecule has 55 heavy (non-hydrogen) atoms. The summed E-state index contributed by atoms with van der Waals surface area (Å²) >= 11 is 0. The second kappa shape index (κ2) is 14.6. The van der Waals surface area contributed by atoms with Crippen molar-refractivity contribution in [3.63, 3.8) is 0 Å². The van der Waals surface area contributed by atoms with Crippen LogP contribution < -0.4 is 21.7 Å². The number of carbonyl (C=O) groups excluding carboxylic acids is 2. The summed E-state index contributed by atoms with van der Waals surface area (Å²) in [7, 11) is 0. The quantitative estimate of drug-likeness (QED) is 0.149. The lowest BCUT2D eigenvalue weighted by Gasteiger charge is -2.67. The highest BCUT2D eigenvalue weighted by Crippen LogP contribution is 2.70. The third kappa shape index (κ3) is 6.55. The molecule has 5 heterocycles. The van der Waals surface area contributed by atoms with Crippen LogP contribution in [0.15, 0.2) is 72.8 Å². The van der Waals surface area contributed by atoms with E-state index in [1.165, 1.54) is 83.6 Å². The predicted octanol–water partition coefficient (Wildman–Crippen LogP) is 8.95. The van der Waals surface area contributed by atoms with Gasteiger partial charge in [0.25, 0.3) is 0 Å². The molecule has 0 aromatic heterocycles. The third-order valence-electron chi connectivity index (χ3n) is 15.8. The van der Waals surface area contributed by atoms with E-state index in [0.29, 0.717) is 42.8 Å².